The number of benzene rings is 2. The summed E-state index contributed by atoms with van der Waals surface area (Å²) in [5.74, 6) is -0.688. The topological polar surface area (TPSA) is 12.5 Å². The second-order valence-electron chi connectivity index (χ2n) is 4.67. The molecule has 0 radical (unpaired) electrons. The van der Waals surface area contributed by atoms with Gasteiger partial charge in [-0.3, -0.25) is 0 Å². The number of halogens is 4. The van der Waals surface area contributed by atoms with Crippen molar-refractivity contribution in [3.63, 3.8) is 0 Å². The fourth-order valence-electron chi connectivity index (χ4n) is 2.39. The summed E-state index contributed by atoms with van der Waals surface area (Å²) >= 11 is 12.1. The molecule has 1 fully saturated rings. The molecular weight excluding hydrogens is 305 g/mol. The van der Waals surface area contributed by atoms with Crippen LogP contribution in [0.15, 0.2) is 42.5 Å². The Labute approximate surface area is 125 Å². The molecular formula is C15H10Cl2F2O. The van der Waals surface area contributed by atoms with Gasteiger partial charge in [-0.1, -0.05) is 35.9 Å². The molecule has 1 saturated heterocycles. The molecule has 2 aromatic rings. The van der Waals surface area contributed by atoms with E-state index in [2.05, 4.69) is 0 Å². The van der Waals surface area contributed by atoms with E-state index in [0.717, 1.165) is 0 Å². The molecule has 0 spiro atoms. The van der Waals surface area contributed by atoms with Crippen LogP contribution in [0.25, 0.3) is 0 Å². The molecule has 2 aromatic carbocycles. The first kappa shape index (κ1) is 13.8. The molecule has 0 aliphatic carbocycles. The van der Waals surface area contributed by atoms with Gasteiger partial charge in [0.05, 0.1) is 5.88 Å². The van der Waals surface area contributed by atoms with Gasteiger partial charge in [-0.2, -0.15) is 0 Å². The van der Waals surface area contributed by atoms with Crippen LogP contribution in [0.5, 0.6) is 0 Å². The highest BCUT2D eigenvalue weighted by atomic mass is 35.5. The Bertz CT molecular complexity index is 662. The number of epoxide rings is 1. The number of alkyl halides is 1. The van der Waals surface area contributed by atoms with Crippen LogP contribution >= 0.6 is 23.2 Å². The monoisotopic (exact) mass is 314 g/mol. The molecule has 0 aromatic heterocycles. The molecule has 0 bridgehead atoms. The van der Waals surface area contributed by atoms with Crippen LogP contribution in [-0.2, 0) is 10.3 Å². The standard InChI is InChI=1S/C15H10Cl2F2O/c16-8-15(11-6-5-9(18)7-12(11)17)14(20-15)10-3-1-2-4-13(10)19/h1-7,14H,8H2. The summed E-state index contributed by atoms with van der Waals surface area (Å²) < 4.78 is 32.6. The Balaban J connectivity index is 2.02. The van der Waals surface area contributed by atoms with Crippen LogP contribution in [0.2, 0.25) is 5.02 Å². The predicted molar refractivity (Wildman–Crippen MR) is 74.0 cm³/mol. The minimum absolute atomic E-state index is 0.108. The highest BCUT2D eigenvalue weighted by Crippen LogP contribution is 2.59. The van der Waals surface area contributed by atoms with Crippen LogP contribution in [0.3, 0.4) is 0 Å². The van der Waals surface area contributed by atoms with Gasteiger partial charge in [0.25, 0.3) is 0 Å². The van der Waals surface area contributed by atoms with Crippen molar-refractivity contribution in [3.8, 4) is 0 Å². The molecule has 5 heteroatoms. The number of rotatable bonds is 3. The quantitative estimate of drug-likeness (QED) is 0.584. The first-order valence-electron chi connectivity index (χ1n) is 6.02. The normalized spacial score (nSPS) is 24.7. The predicted octanol–water partition coefficient (Wildman–Crippen LogP) is 4.82. The Morgan fingerprint density at radius 1 is 1.15 bits per heavy atom. The minimum Gasteiger partial charge on any atom is -0.354 e. The Hall–Kier alpha value is -1.16. The minimum atomic E-state index is -0.894. The summed E-state index contributed by atoms with van der Waals surface area (Å²) in [6, 6.07) is 10.4. The van der Waals surface area contributed by atoms with Crippen molar-refractivity contribution in [1.29, 1.82) is 0 Å². The molecule has 1 aliphatic rings. The molecule has 2 atom stereocenters. The van der Waals surface area contributed by atoms with E-state index in [9.17, 15) is 8.78 Å². The molecule has 3 rings (SSSR count). The van der Waals surface area contributed by atoms with Gasteiger partial charge >= 0.3 is 0 Å². The SMILES string of the molecule is Fc1ccc(C2(CCl)OC2c2ccccc2F)c(Cl)c1. The zero-order chi connectivity index (χ0) is 14.3. The third kappa shape index (κ3) is 2.10. The maximum Gasteiger partial charge on any atom is 0.139 e. The maximum atomic E-state index is 13.8. The fraction of sp³-hybridized carbons (Fsp3) is 0.200. The second-order valence-corrected chi connectivity index (χ2v) is 5.34. The van der Waals surface area contributed by atoms with Gasteiger partial charge in [-0.25, -0.2) is 8.78 Å². The van der Waals surface area contributed by atoms with Gasteiger partial charge in [0.1, 0.15) is 23.3 Å². The van der Waals surface area contributed by atoms with E-state index in [0.29, 0.717) is 11.1 Å². The summed E-state index contributed by atoms with van der Waals surface area (Å²) in [5.41, 5.74) is 0.103. The maximum absolute atomic E-state index is 13.8. The van der Waals surface area contributed by atoms with Crippen molar-refractivity contribution >= 4 is 23.2 Å². The van der Waals surface area contributed by atoms with Gasteiger partial charge in [-0.05, 0) is 18.2 Å². The lowest BCUT2D eigenvalue weighted by Gasteiger charge is -2.12. The Morgan fingerprint density at radius 2 is 1.90 bits per heavy atom. The molecule has 20 heavy (non-hydrogen) atoms. The summed E-state index contributed by atoms with van der Waals surface area (Å²) in [6.07, 6.45) is -0.510. The summed E-state index contributed by atoms with van der Waals surface area (Å²) in [7, 11) is 0. The van der Waals surface area contributed by atoms with E-state index < -0.39 is 17.5 Å². The highest BCUT2D eigenvalue weighted by molar-refractivity contribution is 6.31. The molecule has 0 saturated carbocycles. The van der Waals surface area contributed by atoms with Crippen LogP contribution < -0.4 is 0 Å². The molecule has 104 valence electrons. The van der Waals surface area contributed by atoms with Gasteiger partial charge in [-0.15, -0.1) is 11.6 Å². The van der Waals surface area contributed by atoms with E-state index in [-0.39, 0.29) is 16.7 Å². The zero-order valence-corrected chi connectivity index (χ0v) is 11.8. The van der Waals surface area contributed by atoms with Gasteiger partial charge in [0, 0.05) is 16.1 Å². The number of hydrogen-bond donors (Lipinski definition) is 0. The smallest absolute Gasteiger partial charge is 0.139 e. The zero-order valence-electron chi connectivity index (χ0n) is 10.2. The van der Waals surface area contributed by atoms with Crippen LogP contribution in [0.4, 0.5) is 8.78 Å². The molecule has 0 N–H and O–H groups in total. The third-order valence-electron chi connectivity index (χ3n) is 3.47. The second kappa shape index (κ2) is 4.99. The lowest BCUT2D eigenvalue weighted by Crippen LogP contribution is -2.13. The largest absolute Gasteiger partial charge is 0.354 e. The van der Waals surface area contributed by atoms with Crippen molar-refractivity contribution < 1.29 is 13.5 Å². The lowest BCUT2D eigenvalue weighted by atomic mass is 9.93. The first-order valence-corrected chi connectivity index (χ1v) is 6.93. The van der Waals surface area contributed by atoms with E-state index >= 15 is 0 Å². The average Bonchev–Trinajstić information content (AvgIpc) is 3.15. The lowest BCUT2D eigenvalue weighted by molar-refractivity contribution is 0.314. The van der Waals surface area contributed by atoms with Crippen LogP contribution in [-0.4, -0.2) is 5.88 Å². The summed E-state index contributed by atoms with van der Waals surface area (Å²) in [5, 5.41) is 0.226. The molecule has 1 nitrogen and oxygen atoms in total. The first-order chi connectivity index (χ1) is 9.58. The average molecular weight is 315 g/mol. The van der Waals surface area contributed by atoms with Gasteiger partial charge < -0.3 is 4.74 Å². The number of hydrogen-bond acceptors (Lipinski definition) is 1. The third-order valence-corrected chi connectivity index (χ3v) is 4.18. The molecule has 2 unspecified atom stereocenters. The van der Waals surface area contributed by atoms with Gasteiger partial charge in [0.2, 0.25) is 0 Å². The van der Waals surface area contributed by atoms with Crippen molar-refractivity contribution in [1.82, 2.24) is 0 Å². The van der Waals surface area contributed by atoms with Crippen molar-refractivity contribution in [2.45, 2.75) is 11.7 Å². The van der Waals surface area contributed by atoms with E-state index in [4.69, 9.17) is 27.9 Å². The molecule has 1 aliphatic heterocycles. The van der Waals surface area contributed by atoms with E-state index in [1.54, 1.807) is 18.2 Å². The van der Waals surface area contributed by atoms with E-state index in [1.165, 1.54) is 24.3 Å². The van der Waals surface area contributed by atoms with E-state index in [1.807, 2.05) is 0 Å². The molecule has 1 heterocycles. The summed E-state index contributed by atoms with van der Waals surface area (Å²) in [4.78, 5) is 0. The fourth-order valence-corrected chi connectivity index (χ4v) is 3.06. The Kier molecular flexibility index (Phi) is 3.44. The number of ether oxygens (including phenoxy) is 1. The Morgan fingerprint density at radius 3 is 2.55 bits per heavy atom. The highest BCUT2D eigenvalue weighted by Gasteiger charge is 2.59. The van der Waals surface area contributed by atoms with Crippen molar-refractivity contribution in [2.75, 3.05) is 5.88 Å². The van der Waals surface area contributed by atoms with Crippen molar-refractivity contribution in [2.24, 2.45) is 0 Å². The molecule has 0 amide bonds. The van der Waals surface area contributed by atoms with Crippen LogP contribution in [0, 0.1) is 11.6 Å². The van der Waals surface area contributed by atoms with Gasteiger partial charge in [0.15, 0.2) is 0 Å². The van der Waals surface area contributed by atoms with Crippen LogP contribution in [0.1, 0.15) is 17.2 Å². The van der Waals surface area contributed by atoms with Crippen molar-refractivity contribution in [3.05, 3.63) is 70.2 Å². The summed E-state index contributed by atoms with van der Waals surface area (Å²) in [6.45, 7) is 0.